The smallest absolute Gasteiger partial charge is 0.137 e. The second kappa shape index (κ2) is 8.18. The first-order chi connectivity index (χ1) is 10.6. The second-order valence-electron chi connectivity index (χ2n) is 5.32. The van der Waals surface area contributed by atoms with Crippen LogP contribution in [0.3, 0.4) is 0 Å². The van der Waals surface area contributed by atoms with E-state index < -0.39 is 6.10 Å². The molecule has 22 heavy (non-hydrogen) atoms. The van der Waals surface area contributed by atoms with E-state index in [1.807, 2.05) is 44.3 Å². The van der Waals surface area contributed by atoms with E-state index in [1.54, 1.807) is 6.07 Å². The topological polar surface area (TPSA) is 32.7 Å². The van der Waals surface area contributed by atoms with Crippen LogP contribution in [0.5, 0.6) is 5.75 Å². The van der Waals surface area contributed by atoms with Gasteiger partial charge < -0.3 is 9.84 Å². The highest BCUT2D eigenvalue weighted by atomic mass is 35.5. The summed E-state index contributed by atoms with van der Waals surface area (Å²) in [5.41, 5.74) is 2.02. The van der Waals surface area contributed by atoms with Crippen LogP contribution in [-0.2, 0) is 6.54 Å². The number of likely N-dealkylation sites (N-methyl/N-ethyl adjacent to an activating group) is 1. The highest BCUT2D eigenvalue weighted by Gasteiger charge is 2.13. The van der Waals surface area contributed by atoms with Crippen LogP contribution >= 0.6 is 11.6 Å². The van der Waals surface area contributed by atoms with Crippen molar-refractivity contribution in [2.75, 3.05) is 20.2 Å². The predicted molar refractivity (Wildman–Crippen MR) is 90.4 cm³/mol. The first-order valence-electron chi connectivity index (χ1n) is 7.43. The summed E-state index contributed by atoms with van der Waals surface area (Å²) in [6.45, 7) is 3.82. The highest BCUT2D eigenvalue weighted by Crippen LogP contribution is 2.28. The van der Waals surface area contributed by atoms with E-state index in [9.17, 15) is 5.11 Å². The maximum absolute atomic E-state index is 10.4. The summed E-state index contributed by atoms with van der Waals surface area (Å²) in [4.78, 5) is 2.09. The van der Waals surface area contributed by atoms with Gasteiger partial charge in [0.2, 0.25) is 0 Å². The molecule has 0 saturated heterocycles. The van der Waals surface area contributed by atoms with Gasteiger partial charge >= 0.3 is 0 Å². The molecular weight excluding hydrogens is 298 g/mol. The van der Waals surface area contributed by atoms with Crippen molar-refractivity contribution in [3.05, 3.63) is 64.7 Å². The molecule has 2 rings (SSSR count). The Labute approximate surface area is 137 Å². The predicted octanol–water partition coefficient (Wildman–Crippen LogP) is 3.90. The van der Waals surface area contributed by atoms with Crippen molar-refractivity contribution in [3.63, 3.8) is 0 Å². The summed E-state index contributed by atoms with van der Waals surface area (Å²) in [6, 6.07) is 15.6. The lowest BCUT2D eigenvalue weighted by Gasteiger charge is -2.21. The van der Waals surface area contributed by atoms with Gasteiger partial charge in [0.05, 0.1) is 17.7 Å². The summed E-state index contributed by atoms with van der Waals surface area (Å²) >= 11 is 6.17. The fourth-order valence-corrected chi connectivity index (χ4v) is 2.60. The molecule has 118 valence electrons. The molecule has 0 bridgehead atoms. The molecule has 0 aliphatic carbocycles. The van der Waals surface area contributed by atoms with Crippen LogP contribution < -0.4 is 4.74 Å². The Balaban J connectivity index is 1.96. The van der Waals surface area contributed by atoms with E-state index in [0.29, 0.717) is 23.9 Å². The minimum absolute atomic E-state index is 0.532. The van der Waals surface area contributed by atoms with Crippen molar-refractivity contribution >= 4 is 11.6 Å². The fourth-order valence-electron chi connectivity index (χ4n) is 2.36. The van der Waals surface area contributed by atoms with E-state index in [1.165, 1.54) is 5.56 Å². The van der Waals surface area contributed by atoms with Crippen molar-refractivity contribution < 1.29 is 9.84 Å². The maximum atomic E-state index is 10.4. The van der Waals surface area contributed by atoms with Gasteiger partial charge in [0.1, 0.15) is 5.75 Å². The summed E-state index contributed by atoms with van der Waals surface area (Å²) in [5.74, 6) is 0.651. The molecule has 0 heterocycles. The van der Waals surface area contributed by atoms with E-state index in [0.717, 1.165) is 12.1 Å². The number of benzene rings is 2. The molecule has 4 heteroatoms. The number of aliphatic hydroxyl groups is 1. The summed E-state index contributed by atoms with van der Waals surface area (Å²) in [6.07, 6.45) is -0.582. The molecule has 0 spiro atoms. The van der Waals surface area contributed by atoms with Crippen LogP contribution in [0.25, 0.3) is 0 Å². The van der Waals surface area contributed by atoms with Gasteiger partial charge in [-0.2, -0.15) is 0 Å². The Hall–Kier alpha value is -1.55. The average molecular weight is 320 g/mol. The maximum Gasteiger partial charge on any atom is 0.137 e. The van der Waals surface area contributed by atoms with Crippen LogP contribution in [-0.4, -0.2) is 30.2 Å². The van der Waals surface area contributed by atoms with Gasteiger partial charge in [-0.1, -0.05) is 48.0 Å². The Morgan fingerprint density at radius 3 is 2.55 bits per heavy atom. The lowest BCUT2D eigenvalue weighted by Crippen LogP contribution is -2.24. The van der Waals surface area contributed by atoms with Gasteiger partial charge in [-0.25, -0.2) is 0 Å². The molecule has 1 atom stereocenters. The number of nitrogens with zero attached hydrogens (tertiary/aromatic N) is 1. The molecule has 2 aromatic rings. The average Bonchev–Trinajstić information content (AvgIpc) is 2.50. The van der Waals surface area contributed by atoms with Gasteiger partial charge in [-0.3, -0.25) is 4.90 Å². The number of hydrogen-bond acceptors (Lipinski definition) is 3. The Morgan fingerprint density at radius 2 is 1.91 bits per heavy atom. The monoisotopic (exact) mass is 319 g/mol. The number of aliphatic hydroxyl groups excluding tert-OH is 1. The summed E-state index contributed by atoms with van der Waals surface area (Å²) in [5, 5.41) is 10.9. The van der Waals surface area contributed by atoms with Gasteiger partial charge in [0.15, 0.2) is 0 Å². The molecule has 1 unspecified atom stereocenters. The molecule has 3 nitrogen and oxygen atoms in total. The third-order valence-corrected chi connectivity index (χ3v) is 3.72. The Kier molecular flexibility index (Phi) is 6.25. The molecule has 0 saturated carbocycles. The van der Waals surface area contributed by atoms with E-state index in [2.05, 4.69) is 17.0 Å². The molecule has 0 radical (unpaired) electrons. The van der Waals surface area contributed by atoms with Gasteiger partial charge in [-0.15, -0.1) is 0 Å². The second-order valence-corrected chi connectivity index (χ2v) is 5.73. The van der Waals surface area contributed by atoms with Gasteiger partial charge in [0.25, 0.3) is 0 Å². The molecule has 0 aromatic heterocycles. The van der Waals surface area contributed by atoms with Gasteiger partial charge in [-0.05, 0) is 37.2 Å². The Morgan fingerprint density at radius 1 is 1.18 bits per heavy atom. The molecule has 1 N–H and O–H groups in total. The van der Waals surface area contributed by atoms with Crippen LogP contribution in [0.4, 0.5) is 0 Å². The molecule has 0 amide bonds. The third-order valence-electron chi connectivity index (χ3n) is 3.42. The molecular formula is C18H22ClNO2. The fraction of sp³-hybridized carbons (Fsp3) is 0.333. The minimum Gasteiger partial charge on any atom is -0.492 e. The summed E-state index contributed by atoms with van der Waals surface area (Å²) in [7, 11) is 1.99. The first kappa shape index (κ1) is 16.8. The molecule has 2 aromatic carbocycles. The standard InChI is InChI=1S/C18H22ClNO2/c1-3-22-18-10-9-15(11-16(18)19)17(21)13-20(2)12-14-7-5-4-6-8-14/h4-11,17,21H,3,12-13H2,1-2H3. The number of hydrogen-bond donors (Lipinski definition) is 1. The van der Waals surface area contributed by atoms with Crippen LogP contribution in [0.15, 0.2) is 48.5 Å². The van der Waals surface area contributed by atoms with Crippen molar-refractivity contribution in [3.8, 4) is 5.75 Å². The Bertz CT molecular complexity index is 589. The quantitative estimate of drug-likeness (QED) is 0.840. The molecule has 0 aliphatic heterocycles. The normalized spacial score (nSPS) is 12.4. The minimum atomic E-state index is -0.582. The highest BCUT2D eigenvalue weighted by molar-refractivity contribution is 6.32. The SMILES string of the molecule is CCOc1ccc(C(O)CN(C)Cc2ccccc2)cc1Cl. The summed E-state index contributed by atoms with van der Waals surface area (Å²) < 4.78 is 5.41. The number of halogens is 1. The van der Waals surface area contributed by atoms with Crippen molar-refractivity contribution in [1.82, 2.24) is 4.90 Å². The first-order valence-corrected chi connectivity index (χ1v) is 7.80. The van der Waals surface area contributed by atoms with Crippen molar-refractivity contribution in [2.45, 2.75) is 19.6 Å². The zero-order chi connectivity index (χ0) is 15.9. The molecule has 0 aliphatic rings. The lowest BCUT2D eigenvalue weighted by atomic mass is 10.1. The van der Waals surface area contributed by atoms with Crippen molar-refractivity contribution in [2.24, 2.45) is 0 Å². The van der Waals surface area contributed by atoms with E-state index in [-0.39, 0.29) is 0 Å². The van der Waals surface area contributed by atoms with Crippen LogP contribution in [0, 0.1) is 0 Å². The zero-order valence-electron chi connectivity index (χ0n) is 13.0. The van der Waals surface area contributed by atoms with E-state index >= 15 is 0 Å². The third kappa shape index (κ3) is 4.73. The molecule has 0 fully saturated rings. The number of ether oxygens (including phenoxy) is 1. The lowest BCUT2D eigenvalue weighted by molar-refractivity contribution is 0.124. The number of rotatable bonds is 7. The van der Waals surface area contributed by atoms with Crippen LogP contribution in [0.2, 0.25) is 5.02 Å². The van der Waals surface area contributed by atoms with Crippen molar-refractivity contribution in [1.29, 1.82) is 0 Å². The largest absolute Gasteiger partial charge is 0.492 e. The van der Waals surface area contributed by atoms with E-state index in [4.69, 9.17) is 16.3 Å². The zero-order valence-corrected chi connectivity index (χ0v) is 13.8. The van der Waals surface area contributed by atoms with Crippen LogP contribution in [0.1, 0.15) is 24.2 Å². The van der Waals surface area contributed by atoms with Gasteiger partial charge in [0, 0.05) is 13.1 Å².